The van der Waals surface area contributed by atoms with Crippen LogP contribution in [0.2, 0.25) is 0 Å². The van der Waals surface area contributed by atoms with E-state index in [4.69, 9.17) is 11.6 Å². The summed E-state index contributed by atoms with van der Waals surface area (Å²) in [5.41, 5.74) is -2.34. The lowest BCUT2D eigenvalue weighted by Gasteiger charge is -2.13. The van der Waals surface area contributed by atoms with E-state index in [9.17, 15) is 26.3 Å². The molecule has 31 heavy (non-hydrogen) atoms. The zero-order valence-electron chi connectivity index (χ0n) is 15.4. The Kier molecular flexibility index (Phi) is 5.16. The van der Waals surface area contributed by atoms with Gasteiger partial charge >= 0.3 is 12.4 Å². The number of halogens is 7. The molecule has 4 rings (SSSR count). The number of hydrogen-bond donors (Lipinski definition) is 0. The molecule has 1 unspecified atom stereocenters. The second-order valence-electron chi connectivity index (χ2n) is 6.70. The van der Waals surface area contributed by atoms with Gasteiger partial charge in [0.2, 0.25) is 0 Å². The second kappa shape index (κ2) is 7.56. The van der Waals surface area contributed by atoms with Crippen molar-refractivity contribution in [3.63, 3.8) is 0 Å². The van der Waals surface area contributed by atoms with Crippen LogP contribution in [-0.4, -0.2) is 24.8 Å². The molecule has 0 amide bonds. The van der Waals surface area contributed by atoms with E-state index in [1.807, 2.05) is 12.2 Å². The van der Waals surface area contributed by atoms with Gasteiger partial charge in [-0.1, -0.05) is 41.1 Å². The molecule has 1 aliphatic rings. The molecule has 2 heterocycles. The van der Waals surface area contributed by atoms with Crippen LogP contribution >= 0.6 is 11.6 Å². The normalized spacial score (nSPS) is 17.1. The quantitative estimate of drug-likeness (QED) is 0.466. The van der Waals surface area contributed by atoms with Gasteiger partial charge in [-0.3, -0.25) is 0 Å². The Labute approximate surface area is 176 Å². The van der Waals surface area contributed by atoms with Crippen LogP contribution in [0.3, 0.4) is 0 Å². The number of hydrogen-bond acceptors (Lipinski definition) is 3. The van der Waals surface area contributed by atoms with Crippen LogP contribution in [0, 0.1) is 0 Å². The van der Waals surface area contributed by atoms with Gasteiger partial charge in [0.15, 0.2) is 5.69 Å². The first-order valence-corrected chi connectivity index (χ1v) is 9.21. The molecule has 12 heteroatoms. The van der Waals surface area contributed by atoms with Crippen molar-refractivity contribution in [1.29, 1.82) is 0 Å². The van der Waals surface area contributed by atoms with Crippen molar-refractivity contribution in [2.75, 3.05) is 0 Å². The molecule has 2 aromatic heterocycles. The highest BCUT2D eigenvalue weighted by Gasteiger charge is 2.42. The van der Waals surface area contributed by atoms with Gasteiger partial charge in [0.25, 0.3) is 0 Å². The molecule has 3 aromatic rings. The van der Waals surface area contributed by atoms with Gasteiger partial charge in [-0.05, 0) is 24.6 Å². The summed E-state index contributed by atoms with van der Waals surface area (Å²) in [4.78, 5) is 0. The average molecular weight is 460 g/mol. The average Bonchev–Trinajstić information content (AvgIpc) is 3.36. The highest BCUT2D eigenvalue weighted by atomic mass is 35.5. The van der Waals surface area contributed by atoms with Crippen LogP contribution in [0.25, 0.3) is 16.9 Å². The van der Waals surface area contributed by atoms with E-state index >= 15 is 0 Å². The SMILES string of the molecule is FC(F)(F)c1cc(C(F)(F)F)n(-c2ccc(-c3cn(C4C=CC(Cl)=CC4)nn3)cc2)n1. The summed E-state index contributed by atoms with van der Waals surface area (Å²) < 4.78 is 80.1. The number of rotatable bonds is 3. The first-order valence-electron chi connectivity index (χ1n) is 8.83. The smallest absolute Gasteiger partial charge is 0.245 e. The monoisotopic (exact) mass is 459 g/mol. The zero-order chi connectivity index (χ0) is 22.4. The Morgan fingerprint density at radius 1 is 1.00 bits per heavy atom. The Morgan fingerprint density at radius 2 is 1.71 bits per heavy atom. The van der Waals surface area contributed by atoms with Crippen molar-refractivity contribution in [2.24, 2.45) is 0 Å². The van der Waals surface area contributed by atoms with Crippen molar-refractivity contribution in [3.05, 3.63) is 71.2 Å². The molecule has 0 N–H and O–H groups in total. The molecule has 0 saturated heterocycles. The van der Waals surface area contributed by atoms with Crippen molar-refractivity contribution in [1.82, 2.24) is 24.8 Å². The van der Waals surface area contributed by atoms with E-state index in [1.54, 1.807) is 17.0 Å². The molecule has 0 radical (unpaired) electrons. The maximum atomic E-state index is 13.2. The van der Waals surface area contributed by atoms with Gasteiger partial charge in [0.1, 0.15) is 11.4 Å². The summed E-state index contributed by atoms with van der Waals surface area (Å²) in [6.07, 6.45) is -2.30. The molecular weight excluding hydrogens is 448 g/mol. The second-order valence-corrected chi connectivity index (χ2v) is 7.14. The minimum Gasteiger partial charge on any atom is -0.245 e. The number of aromatic nitrogens is 5. The van der Waals surface area contributed by atoms with Crippen LogP contribution < -0.4 is 0 Å². The molecule has 0 fully saturated rings. The summed E-state index contributed by atoms with van der Waals surface area (Å²) >= 11 is 5.89. The highest BCUT2D eigenvalue weighted by molar-refractivity contribution is 6.31. The molecule has 1 atom stereocenters. The Balaban J connectivity index is 1.63. The third-order valence-electron chi connectivity index (χ3n) is 4.58. The third kappa shape index (κ3) is 4.36. The number of nitrogens with zero attached hydrogens (tertiary/aromatic N) is 5. The summed E-state index contributed by atoms with van der Waals surface area (Å²) in [5.74, 6) is 0. The van der Waals surface area contributed by atoms with Gasteiger partial charge in [0.05, 0.1) is 17.9 Å². The summed E-state index contributed by atoms with van der Waals surface area (Å²) in [7, 11) is 0. The predicted molar refractivity (Wildman–Crippen MR) is 99.3 cm³/mol. The maximum Gasteiger partial charge on any atom is 0.435 e. The van der Waals surface area contributed by atoms with Crippen molar-refractivity contribution < 1.29 is 26.3 Å². The van der Waals surface area contributed by atoms with Gasteiger partial charge in [-0.25, -0.2) is 9.36 Å². The van der Waals surface area contributed by atoms with Crippen LogP contribution in [-0.2, 0) is 12.4 Å². The first-order chi connectivity index (χ1) is 14.5. The van der Waals surface area contributed by atoms with E-state index < -0.39 is 23.7 Å². The minimum atomic E-state index is -5.01. The first kappa shape index (κ1) is 21.2. The minimum absolute atomic E-state index is 0.0160. The Hall–Kier alpha value is -3.08. The van der Waals surface area contributed by atoms with Crippen molar-refractivity contribution in [3.8, 4) is 16.9 Å². The fourth-order valence-corrected chi connectivity index (χ4v) is 3.20. The van der Waals surface area contributed by atoms with Crippen molar-refractivity contribution >= 4 is 11.6 Å². The van der Waals surface area contributed by atoms with E-state index in [0.717, 1.165) is 0 Å². The van der Waals surface area contributed by atoms with Crippen molar-refractivity contribution in [2.45, 2.75) is 24.8 Å². The molecule has 0 bridgehead atoms. The topological polar surface area (TPSA) is 48.5 Å². The molecule has 5 nitrogen and oxygen atoms in total. The molecule has 0 spiro atoms. The largest absolute Gasteiger partial charge is 0.435 e. The summed E-state index contributed by atoms with van der Waals surface area (Å²) in [6, 6.07) is 5.25. The van der Waals surface area contributed by atoms with Gasteiger partial charge in [-0.15, -0.1) is 5.10 Å². The number of allylic oxidation sites excluding steroid dienone is 4. The van der Waals surface area contributed by atoms with Crippen LogP contribution in [0.4, 0.5) is 26.3 Å². The Bertz CT molecular complexity index is 1150. The standard InChI is InChI=1S/C19H12ClF6N5/c20-12-3-7-13(8-4-12)30-10-15(27-29-30)11-1-5-14(6-2-11)31-17(19(24,25)26)9-16(28-31)18(21,22)23/h1-7,9-10,13H,8H2. The van der Waals surface area contributed by atoms with Gasteiger partial charge < -0.3 is 0 Å². The fraction of sp³-hybridized carbons (Fsp3) is 0.211. The Morgan fingerprint density at radius 3 is 2.29 bits per heavy atom. The summed E-state index contributed by atoms with van der Waals surface area (Å²) in [5, 5.41) is 11.8. The van der Waals surface area contributed by atoms with Gasteiger partial charge in [0, 0.05) is 16.7 Å². The number of alkyl halides is 6. The van der Waals surface area contributed by atoms with E-state index in [0.29, 0.717) is 22.7 Å². The maximum absolute atomic E-state index is 13.2. The van der Waals surface area contributed by atoms with Crippen LogP contribution in [0.15, 0.2) is 59.8 Å². The van der Waals surface area contributed by atoms with Crippen LogP contribution in [0.1, 0.15) is 23.9 Å². The predicted octanol–water partition coefficient (Wildman–Crippen LogP) is 5.79. The van der Waals surface area contributed by atoms with Gasteiger partial charge in [-0.2, -0.15) is 31.4 Å². The zero-order valence-corrected chi connectivity index (χ0v) is 16.1. The van der Waals surface area contributed by atoms with E-state index in [1.165, 1.54) is 24.3 Å². The van der Waals surface area contributed by atoms with Crippen LogP contribution in [0.5, 0.6) is 0 Å². The third-order valence-corrected chi connectivity index (χ3v) is 4.86. The lowest BCUT2D eigenvalue weighted by molar-refractivity contribution is -0.143. The molecule has 162 valence electrons. The molecule has 1 aromatic carbocycles. The lowest BCUT2D eigenvalue weighted by atomic mass is 10.1. The summed E-state index contributed by atoms with van der Waals surface area (Å²) in [6.45, 7) is 0. The number of benzene rings is 1. The van der Waals surface area contributed by atoms with E-state index in [-0.39, 0.29) is 22.5 Å². The molecular formula is C19H12ClF6N5. The molecule has 1 aliphatic carbocycles. The lowest BCUT2D eigenvalue weighted by Crippen LogP contribution is -2.13. The molecule has 0 saturated carbocycles. The fourth-order valence-electron chi connectivity index (χ4n) is 3.04. The highest BCUT2D eigenvalue weighted by Crippen LogP contribution is 2.36. The molecule has 0 aliphatic heterocycles. The van der Waals surface area contributed by atoms with E-state index in [2.05, 4.69) is 15.4 Å².